The molecule has 4 heteroatoms. The SMILES string of the molecule is [2H]C([2H])([2H])C([2H])([2H])Cc1cc(C(=O)OCC)n[nH]1. The monoisotopic (exact) mass is 187 g/mol. The summed E-state index contributed by atoms with van der Waals surface area (Å²) in [6.45, 7) is -0.877. The first-order chi connectivity index (χ1) is 8.17. The quantitative estimate of drug-likeness (QED) is 0.727. The Morgan fingerprint density at radius 3 is 3.46 bits per heavy atom. The number of H-pyrrole nitrogens is 1. The minimum Gasteiger partial charge on any atom is -0.461 e. The maximum absolute atomic E-state index is 11.3. The van der Waals surface area contributed by atoms with Crippen molar-refractivity contribution < 1.29 is 16.4 Å². The molecule has 0 spiro atoms. The number of carbonyl (C=O) groups is 1. The molecular formula is C9H14N2O2. The Morgan fingerprint density at radius 1 is 1.92 bits per heavy atom. The molecule has 0 unspecified atom stereocenters. The topological polar surface area (TPSA) is 55.0 Å². The molecule has 4 nitrogen and oxygen atoms in total. The summed E-state index contributed by atoms with van der Waals surface area (Å²) in [6.07, 6.45) is -2.76. The lowest BCUT2D eigenvalue weighted by atomic mass is 10.2. The summed E-state index contributed by atoms with van der Waals surface area (Å²) in [6, 6.07) is 1.29. The number of aryl methyl sites for hydroxylation is 1. The van der Waals surface area contributed by atoms with Gasteiger partial charge in [0.2, 0.25) is 0 Å². The molecule has 1 aromatic heterocycles. The molecule has 1 N–H and O–H groups in total. The third kappa shape index (κ3) is 2.57. The van der Waals surface area contributed by atoms with Crippen LogP contribution in [0.2, 0.25) is 0 Å². The largest absolute Gasteiger partial charge is 0.461 e. The van der Waals surface area contributed by atoms with Crippen LogP contribution < -0.4 is 0 Å². The average molecular weight is 187 g/mol. The molecule has 0 aliphatic rings. The van der Waals surface area contributed by atoms with Crippen LogP contribution in [0.15, 0.2) is 6.07 Å². The summed E-state index contributed by atoms with van der Waals surface area (Å²) in [5, 5.41) is 6.08. The fraction of sp³-hybridized carbons (Fsp3) is 0.556. The Hall–Kier alpha value is -1.32. The molecule has 1 rings (SSSR count). The predicted octanol–water partition coefficient (Wildman–Crippen LogP) is 1.54. The van der Waals surface area contributed by atoms with Gasteiger partial charge in [0, 0.05) is 12.5 Å². The van der Waals surface area contributed by atoms with Crippen LogP contribution >= 0.6 is 0 Å². The smallest absolute Gasteiger partial charge is 0.358 e. The van der Waals surface area contributed by atoms with Crippen LogP contribution in [-0.2, 0) is 11.2 Å². The van der Waals surface area contributed by atoms with Crippen molar-refractivity contribution in [3.8, 4) is 0 Å². The van der Waals surface area contributed by atoms with E-state index in [0.29, 0.717) is 0 Å². The van der Waals surface area contributed by atoms with Gasteiger partial charge in [-0.15, -0.1) is 0 Å². The van der Waals surface area contributed by atoms with E-state index in [1.54, 1.807) is 6.92 Å². The van der Waals surface area contributed by atoms with Crippen LogP contribution in [0, 0.1) is 0 Å². The molecule has 1 aromatic rings. The highest BCUT2D eigenvalue weighted by atomic mass is 16.5. The molecule has 0 aliphatic carbocycles. The van der Waals surface area contributed by atoms with Gasteiger partial charge < -0.3 is 4.74 Å². The maximum atomic E-state index is 11.3. The molecule has 1 heterocycles. The molecule has 13 heavy (non-hydrogen) atoms. The minimum absolute atomic E-state index is 0.00759. The van der Waals surface area contributed by atoms with Crippen LogP contribution in [0.4, 0.5) is 0 Å². The number of esters is 1. The number of nitrogens with one attached hydrogen (secondary N) is 1. The van der Waals surface area contributed by atoms with E-state index in [-0.39, 0.29) is 24.4 Å². The van der Waals surface area contributed by atoms with E-state index in [9.17, 15) is 4.79 Å². The summed E-state index contributed by atoms with van der Waals surface area (Å²) in [5.41, 5.74) is 0.243. The third-order valence-corrected chi connectivity index (χ3v) is 1.39. The zero-order chi connectivity index (χ0) is 14.0. The zero-order valence-corrected chi connectivity index (χ0v) is 7.26. The molecule has 0 fully saturated rings. The van der Waals surface area contributed by atoms with E-state index >= 15 is 0 Å². The van der Waals surface area contributed by atoms with Gasteiger partial charge in [0.1, 0.15) is 0 Å². The number of aromatic nitrogens is 2. The Kier molecular flexibility index (Phi) is 1.71. The Morgan fingerprint density at radius 2 is 2.77 bits per heavy atom. The first-order valence-electron chi connectivity index (χ1n) is 6.39. The van der Waals surface area contributed by atoms with E-state index in [1.165, 1.54) is 6.07 Å². The van der Waals surface area contributed by atoms with Crippen molar-refractivity contribution in [2.45, 2.75) is 26.6 Å². The van der Waals surface area contributed by atoms with Crippen LogP contribution in [0.3, 0.4) is 0 Å². The Balaban J connectivity index is 2.79. The second-order valence-corrected chi connectivity index (χ2v) is 2.35. The molecule has 0 aliphatic heterocycles. The van der Waals surface area contributed by atoms with Crippen molar-refractivity contribution in [2.75, 3.05) is 6.61 Å². The lowest BCUT2D eigenvalue weighted by Gasteiger charge is -1.95. The van der Waals surface area contributed by atoms with Gasteiger partial charge in [-0.05, 0) is 19.4 Å². The number of hydrogen-bond donors (Lipinski definition) is 1. The molecule has 0 aromatic carbocycles. The van der Waals surface area contributed by atoms with Crippen LogP contribution in [0.5, 0.6) is 0 Å². The predicted molar refractivity (Wildman–Crippen MR) is 48.5 cm³/mol. The molecular weight excluding hydrogens is 168 g/mol. The standard InChI is InChI=1S/C9H14N2O2/c1-3-5-7-6-8(11-10-7)9(12)13-4-2/h6H,3-5H2,1-2H3,(H,10,11)/i1D3,3D2. The number of aromatic amines is 1. The lowest BCUT2D eigenvalue weighted by Crippen LogP contribution is -2.04. The van der Waals surface area contributed by atoms with Gasteiger partial charge in [-0.25, -0.2) is 4.79 Å². The molecule has 72 valence electrons. The lowest BCUT2D eigenvalue weighted by molar-refractivity contribution is 0.0519. The summed E-state index contributed by atoms with van der Waals surface area (Å²) < 4.78 is 40.8. The number of ether oxygens (including phenoxy) is 1. The Bertz CT molecular complexity index is 427. The van der Waals surface area contributed by atoms with Crippen molar-refractivity contribution >= 4 is 5.97 Å². The summed E-state index contributed by atoms with van der Waals surface area (Å²) in [7, 11) is 0. The first-order valence-corrected chi connectivity index (χ1v) is 3.89. The van der Waals surface area contributed by atoms with Crippen LogP contribution in [-0.4, -0.2) is 22.8 Å². The third-order valence-electron chi connectivity index (χ3n) is 1.39. The van der Waals surface area contributed by atoms with Crippen molar-refractivity contribution in [1.29, 1.82) is 0 Å². The number of nitrogens with zero attached hydrogens (tertiary/aromatic N) is 1. The summed E-state index contributed by atoms with van der Waals surface area (Å²) in [4.78, 5) is 11.3. The molecule has 0 saturated heterocycles. The second-order valence-electron chi connectivity index (χ2n) is 2.35. The van der Waals surface area contributed by atoms with Gasteiger partial charge in [-0.3, -0.25) is 5.10 Å². The molecule has 0 atom stereocenters. The minimum atomic E-state index is -2.73. The van der Waals surface area contributed by atoms with E-state index in [0.717, 1.165) is 0 Å². The van der Waals surface area contributed by atoms with E-state index in [1.807, 2.05) is 0 Å². The molecule has 0 bridgehead atoms. The highest BCUT2D eigenvalue weighted by molar-refractivity contribution is 5.87. The average Bonchev–Trinajstić information content (AvgIpc) is 2.64. The molecule has 0 radical (unpaired) electrons. The van der Waals surface area contributed by atoms with Gasteiger partial charge in [0.25, 0.3) is 0 Å². The molecule has 0 amide bonds. The fourth-order valence-electron chi connectivity index (χ4n) is 0.857. The van der Waals surface area contributed by atoms with Gasteiger partial charge in [-0.1, -0.05) is 13.2 Å². The van der Waals surface area contributed by atoms with Gasteiger partial charge in [0.05, 0.1) is 6.61 Å². The highest BCUT2D eigenvalue weighted by Crippen LogP contribution is 2.03. The summed E-state index contributed by atoms with van der Waals surface area (Å²) in [5.74, 6) is -0.630. The normalized spacial score (nSPS) is 17.8. The van der Waals surface area contributed by atoms with Crippen LogP contribution in [0.25, 0.3) is 0 Å². The number of rotatable bonds is 4. The van der Waals surface area contributed by atoms with Crippen molar-refractivity contribution in [3.05, 3.63) is 17.5 Å². The zero-order valence-electron chi connectivity index (χ0n) is 12.3. The van der Waals surface area contributed by atoms with Gasteiger partial charge >= 0.3 is 5.97 Å². The van der Waals surface area contributed by atoms with Crippen LogP contribution in [0.1, 0.15) is 43.2 Å². The van der Waals surface area contributed by atoms with Crippen molar-refractivity contribution in [1.82, 2.24) is 10.2 Å². The molecule has 0 saturated carbocycles. The fourth-order valence-corrected chi connectivity index (χ4v) is 0.857. The number of carbonyl (C=O) groups excluding carboxylic acids is 1. The highest BCUT2D eigenvalue weighted by Gasteiger charge is 2.10. The van der Waals surface area contributed by atoms with Crippen molar-refractivity contribution in [2.24, 2.45) is 0 Å². The van der Waals surface area contributed by atoms with E-state index < -0.39 is 19.2 Å². The van der Waals surface area contributed by atoms with Gasteiger partial charge in [0.15, 0.2) is 5.69 Å². The number of hydrogen-bond acceptors (Lipinski definition) is 3. The first kappa shape index (κ1) is 4.79. The summed E-state index contributed by atoms with van der Waals surface area (Å²) >= 11 is 0. The maximum Gasteiger partial charge on any atom is 0.358 e. The second kappa shape index (κ2) is 4.64. The Labute approximate surface area is 84.3 Å². The van der Waals surface area contributed by atoms with Gasteiger partial charge in [-0.2, -0.15) is 5.10 Å². The van der Waals surface area contributed by atoms with E-state index in [2.05, 4.69) is 10.2 Å². The van der Waals surface area contributed by atoms with Crippen molar-refractivity contribution in [3.63, 3.8) is 0 Å². The van der Waals surface area contributed by atoms with E-state index in [4.69, 9.17) is 11.6 Å².